The van der Waals surface area contributed by atoms with Crippen LogP contribution in [0, 0.1) is 5.92 Å². The Morgan fingerprint density at radius 2 is 2.14 bits per heavy atom. The number of nitrogens with one attached hydrogen (secondary N) is 2. The van der Waals surface area contributed by atoms with Gasteiger partial charge in [0.1, 0.15) is 5.75 Å². The minimum atomic E-state index is 0.665. The van der Waals surface area contributed by atoms with Crippen LogP contribution in [0.2, 0.25) is 0 Å². The molecule has 4 nitrogen and oxygen atoms in total. The summed E-state index contributed by atoms with van der Waals surface area (Å²) in [6.45, 7) is 5.42. The highest BCUT2D eigenvalue weighted by Crippen LogP contribution is 2.46. The van der Waals surface area contributed by atoms with E-state index >= 15 is 0 Å². The van der Waals surface area contributed by atoms with Gasteiger partial charge in [-0.1, -0.05) is 0 Å². The molecule has 1 saturated heterocycles. The fraction of sp³-hybridized carbons (Fsp3) is 0.647. The first-order chi connectivity index (χ1) is 10.4. The molecule has 0 bridgehead atoms. The Morgan fingerprint density at radius 3 is 3.05 bits per heavy atom. The Hall–Kier alpha value is -1.26. The van der Waals surface area contributed by atoms with Crippen LogP contribution in [0.1, 0.15) is 17.5 Å². The van der Waals surface area contributed by atoms with E-state index in [9.17, 15) is 0 Å². The molecule has 1 aromatic rings. The van der Waals surface area contributed by atoms with Crippen LogP contribution >= 0.6 is 0 Å². The van der Waals surface area contributed by atoms with Gasteiger partial charge in [0, 0.05) is 56.4 Å². The van der Waals surface area contributed by atoms with E-state index in [1.807, 2.05) is 0 Å². The van der Waals surface area contributed by atoms with E-state index < -0.39 is 0 Å². The molecule has 3 unspecified atom stereocenters. The maximum atomic E-state index is 5.77. The van der Waals surface area contributed by atoms with Crippen molar-refractivity contribution in [2.24, 2.45) is 5.92 Å². The van der Waals surface area contributed by atoms with Gasteiger partial charge < -0.3 is 20.3 Å². The van der Waals surface area contributed by atoms with Gasteiger partial charge in [-0.2, -0.15) is 0 Å². The van der Waals surface area contributed by atoms with E-state index in [2.05, 4.69) is 27.7 Å². The monoisotopic (exact) mass is 285 g/mol. The number of piperazine rings is 1. The van der Waals surface area contributed by atoms with Gasteiger partial charge in [-0.3, -0.25) is 0 Å². The summed E-state index contributed by atoms with van der Waals surface area (Å²) in [5.41, 5.74) is 4.41. The molecule has 3 atom stereocenters. The van der Waals surface area contributed by atoms with Crippen molar-refractivity contribution in [1.29, 1.82) is 0 Å². The molecule has 112 valence electrons. The molecule has 0 radical (unpaired) electrons. The van der Waals surface area contributed by atoms with E-state index in [0.717, 1.165) is 50.4 Å². The van der Waals surface area contributed by atoms with E-state index in [1.165, 1.54) is 30.6 Å². The summed E-state index contributed by atoms with van der Waals surface area (Å²) in [5, 5.41) is 7.21. The number of hydrogen-bond acceptors (Lipinski definition) is 4. The Bertz CT molecular complexity index is 567. The van der Waals surface area contributed by atoms with Gasteiger partial charge in [-0.25, -0.2) is 0 Å². The Labute approximate surface area is 125 Å². The molecule has 1 aromatic carbocycles. The second kappa shape index (κ2) is 4.62. The molecule has 5 rings (SSSR count). The van der Waals surface area contributed by atoms with Gasteiger partial charge in [0.05, 0.1) is 6.61 Å². The van der Waals surface area contributed by atoms with Crippen molar-refractivity contribution in [1.82, 2.24) is 10.6 Å². The van der Waals surface area contributed by atoms with Crippen LogP contribution in [0.5, 0.6) is 5.75 Å². The van der Waals surface area contributed by atoms with Gasteiger partial charge in [0.25, 0.3) is 0 Å². The SMILES string of the molecule is c1c2c(cc3c1CCN3C1CC1C1CNCCN1)OCC2. The number of hydrogen-bond donors (Lipinski definition) is 2. The molecule has 4 heteroatoms. The summed E-state index contributed by atoms with van der Waals surface area (Å²) < 4.78 is 5.77. The van der Waals surface area contributed by atoms with Gasteiger partial charge in [-0.05, 0) is 36.0 Å². The lowest BCUT2D eigenvalue weighted by molar-refractivity contribution is 0.357. The first kappa shape index (κ1) is 12.3. The topological polar surface area (TPSA) is 36.5 Å². The lowest BCUT2D eigenvalue weighted by Crippen LogP contribution is -2.50. The largest absolute Gasteiger partial charge is 0.493 e. The van der Waals surface area contributed by atoms with Crippen molar-refractivity contribution < 1.29 is 4.74 Å². The van der Waals surface area contributed by atoms with E-state index in [-0.39, 0.29) is 0 Å². The summed E-state index contributed by atoms with van der Waals surface area (Å²) >= 11 is 0. The van der Waals surface area contributed by atoms with Crippen molar-refractivity contribution in [3.05, 3.63) is 23.3 Å². The molecule has 0 aromatic heterocycles. The highest BCUT2D eigenvalue weighted by atomic mass is 16.5. The standard InChI is InChI=1S/C17H23N3O/c1-5-20(16-8-13(16)14-10-18-3-4-19-14)15-9-17-12(2-6-21-17)7-11(1)15/h7,9,13-14,16,18-19H,1-6,8,10H2. The number of rotatable bonds is 2. The van der Waals surface area contributed by atoms with Crippen LogP contribution in [0.25, 0.3) is 0 Å². The lowest BCUT2D eigenvalue weighted by Gasteiger charge is -2.27. The number of benzene rings is 1. The third-order valence-electron chi connectivity index (χ3n) is 5.62. The average Bonchev–Trinajstić information content (AvgIpc) is 3.00. The lowest BCUT2D eigenvalue weighted by atomic mass is 10.1. The molecular formula is C17H23N3O. The molecule has 2 N–H and O–H groups in total. The third-order valence-corrected chi connectivity index (χ3v) is 5.62. The Morgan fingerprint density at radius 1 is 1.14 bits per heavy atom. The molecule has 0 amide bonds. The summed E-state index contributed by atoms with van der Waals surface area (Å²) in [5.74, 6) is 1.95. The number of ether oxygens (including phenoxy) is 1. The van der Waals surface area contributed by atoms with E-state index in [4.69, 9.17) is 4.74 Å². The van der Waals surface area contributed by atoms with Crippen molar-refractivity contribution >= 4 is 5.69 Å². The van der Waals surface area contributed by atoms with Gasteiger partial charge >= 0.3 is 0 Å². The number of anilines is 1. The molecule has 2 fully saturated rings. The maximum absolute atomic E-state index is 5.77. The van der Waals surface area contributed by atoms with Crippen LogP contribution in [0.3, 0.4) is 0 Å². The zero-order valence-corrected chi connectivity index (χ0v) is 12.4. The normalized spacial score (nSPS) is 33.5. The highest BCUT2D eigenvalue weighted by Gasteiger charge is 2.48. The zero-order valence-electron chi connectivity index (χ0n) is 12.4. The first-order valence-corrected chi connectivity index (χ1v) is 8.39. The molecule has 1 aliphatic carbocycles. The fourth-order valence-electron chi connectivity index (χ4n) is 4.41. The van der Waals surface area contributed by atoms with Crippen LogP contribution in [-0.2, 0) is 12.8 Å². The van der Waals surface area contributed by atoms with Crippen molar-refractivity contribution in [2.45, 2.75) is 31.3 Å². The van der Waals surface area contributed by atoms with Crippen LogP contribution in [0.4, 0.5) is 5.69 Å². The fourth-order valence-corrected chi connectivity index (χ4v) is 4.41. The first-order valence-electron chi connectivity index (χ1n) is 8.39. The molecule has 1 saturated carbocycles. The third kappa shape index (κ3) is 1.96. The zero-order chi connectivity index (χ0) is 13.8. The van der Waals surface area contributed by atoms with Crippen LogP contribution in [0.15, 0.2) is 12.1 Å². The summed E-state index contributed by atoms with van der Waals surface area (Å²) in [4.78, 5) is 2.65. The van der Waals surface area contributed by atoms with Crippen molar-refractivity contribution in [3.8, 4) is 5.75 Å². The summed E-state index contributed by atoms with van der Waals surface area (Å²) in [6.07, 6.45) is 3.64. The molecule has 0 spiro atoms. The minimum absolute atomic E-state index is 0.665. The van der Waals surface area contributed by atoms with Gasteiger partial charge in [0.15, 0.2) is 0 Å². The number of nitrogens with zero attached hydrogens (tertiary/aromatic N) is 1. The predicted octanol–water partition coefficient (Wildman–Crippen LogP) is 0.934. The smallest absolute Gasteiger partial charge is 0.124 e. The highest BCUT2D eigenvalue weighted by molar-refractivity contribution is 5.65. The van der Waals surface area contributed by atoms with Gasteiger partial charge in [0.2, 0.25) is 0 Å². The predicted molar refractivity (Wildman–Crippen MR) is 83.2 cm³/mol. The second-order valence-corrected chi connectivity index (χ2v) is 6.86. The molecule has 4 aliphatic rings. The van der Waals surface area contributed by atoms with Crippen molar-refractivity contribution in [2.75, 3.05) is 37.7 Å². The van der Waals surface area contributed by atoms with Crippen LogP contribution in [-0.4, -0.2) is 44.9 Å². The van der Waals surface area contributed by atoms with Gasteiger partial charge in [-0.15, -0.1) is 0 Å². The molecule has 3 aliphatic heterocycles. The molecule has 3 heterocycles. The Kier molecular flexibility index (Phi) is 2.70. The minimum Gasteiger partial charge on any atom is -0.493 e. The Balaban J connectivity index is 1.37. The summed E-state index contributed by atoms with van der Waals surface area (Å²) in [6, 6.07) is 6.11. The average molecular weight is 285 g/mol. The molecular weight excluding hydrogens is 262 g/mol. The second-order valence-electron chi connectivity index (χ2n) is 6.86. The summed E-state index contributed by atoms with van der Waals surface area (Å²) in [7, 11) is 0. The number of fused-ring (bicyclic) bond motifs is 2. The van der Waals surface area contributed by atoms with Crippen molar-refractivity contribution in [3.63, 3.8) is 0 Å². The van der Waals surface area contributed by atoms with E-state index in [0.29, 0.717) is 6.04 Å². The van der Waals surface area contributed by atoms with Crippen LogP contribution < -0.4 is 20.3 Å². The quantitative estimate of drug-likeness (QED) is 0.848. The maximum Gasteiger partial charge on any atom is 0.124 e. The molecule has 21 heavy (non-hydrogen) atoms. The van der Waals surface area contributed by atoms with E-state index in [1.54, 1.807) is 5.56 Å².